The van der Waals surface area contributed by atoms with E-state index in [2.05, 4.69) is 35.7 Å². The summed E-state index contributed by atoms with van der Waals surface area (Å²) < 4.78 is 143. The van der Waals surface area contributed by atoms with Gasteiger partial charge in [0.05, 0.1) is 62.5 Å². The highest BCUT2D eigenvalue weighted by Gasteiger charge is 2.23. The molecule has 6 rings (SSSR count). The number of hydrogen-bond acceptors (Lipinski definition) is 20. The maximum Gasteiger partial charge on any atom is 0.338 e. The van der Waals surface area contributed by atoms with Gasteiger partial charge in [0.15, 0.2) is 11.3 Å². The summed E-state index contributed by atoms with van der Waals surface area (Å²) in [5, 5.41) is 56.5. The molecule has 6 N–H and O–H groups in total. The highest BCUT2D eigenvalue weighted by molar-refractivity contribution is 7.86. The van der Waals surface area contributed by atoms with Gasteiger partial charge in [0, 0.05) is 17.7 Å². The van der Waals surface area contributed by atoms with Gasteiger partial charge in [0.1, 0.15) is 40.2 Å². The molecule has 6 aromatic rings. The van der Waals surface area contributed by atoms with Gasteiger partial charge in [-0.25, -0.2) is 9.78 Å². The molecule has 0 aliphatic rings. The first-order valence-corrected chi connectivity index (χ1v) is 25.9. The number of nitrogens with zero attached hydrogens (tertiary/aromatic N) is 9. The molecular formula is C40H37N9O17S4. The van der Waals surface area contributed by atoms with Crippen molar-refractivity contribution in [1.29, 1.82) is 5.26 Å². The van der Waals surface area contributed by atoms with Crippen LogP contribution < -0.4 is 9.47 Å². The van der Waals surface area contributed by atoms with Gasteiger partial charge in [-0.3, -0.25) is 22.6 Å². The second kappa shape index (κ2) is 20.3. The first-order chi connectivity index (χ1) is 32.6. The number of imidazole rings is 1. The van der Waals surface area contributed by atoms with Crippen LogP contribution in [0, 0.1) is 32.1 Å². The van der Waals surface area contributed by atoms with E-state index < -0.39 is 79.2 Å². The smallest absolute Gasteiger partial charge is 0.338 e. The molecule has 0 saturated carbocycles. The van der Waals surface area contributed by atoms with E-state index >= 15 is 0 Å². The van der Waals surface area contributed by atoms with Gasteiger partial charge in [-0.15, -0.1) is 20.5 Å². The van der Waals surface area contributed by atoms with Crippen LogP contribution in [0.25, 0.3) is 16.7 Å². The summed E-state index contributed by atoms with van der Waals surface area (Å²) in [6.45, 7) is 4.02. The molecule has 0 atom stereocenters. The number of nitriles is 1. The summed E-state index contributed by atoms with van der Waals surface area (Å²) in [7, 11) is -18.1. The zero-order chi connectivity index (χ0) is 51.5. The van der Waals surface area contributed by atoms with E-state index in [-0.39, 0.29) is 99.5 Å². The first-order valence-electron chi connectivity index (χ1n) is 19.8. The molecule has 368 valence electrons. The Kier molecular flexibility index (Phi) is 15.1. The van der Waals surface area contributed by atoms with Crippen LogP contribution in [0.3, 0.4) is 0 Å². The third-order valence-corrected chi connectivity index (χ3v) is 13.2. The van der Waals surface area contributed by atoms with E-state index in [1.807, 2.05) is 6.07 Å². The van der Waals surface area contributed by atoms with Crippen LogP contribution in [0.2, 0.25) is 0 Å². The number of azo groups is 3. The SMILES string of the molecule is Cc1cc(N=Nc2c(C)c(C#N)c3nc4cc(S(=O)(=O)O)ccc4n3c2O)c(OCCCS(=O)(=O)O)cc1N=Nc1cc(C)c(N=Nc2ccc(S(=O)(=O)O)cc2C(=O)O)cc1OCCCS(=O)(=O)O. The summed E-state index contributed by atoms with van der Waals surface area (Å²) in [5.74, 6) is -3.60. The predicted molar refractivity (Wildman–Crippen MR) is 245 cm³/mol. The van der Waals surface area contributed by atoms with E-state index in [9.17, 15) is 72.2 Å². The zero-order valence-corrected chi connectivity index (χ0v) is 39.6. The van der Waals surface area contributed by atoms with Crippen molar-refractivity contribution >= 4 is 97.2 Å². The molecule has 2 heterocycles. The van der Waals surface area contributed by atoms with Crippen molar-refractivity contribution in [2.45, 2.75) is 43.4 Å². The fourth-order valence-electron chi connectivity index (χ4n) is 6.44. The molecular weight excluding hydrogens is 1010 g/mol. The summed E-state index contributed by atoms with van der Waals surface area (Å²) >= 11 is 0. The molecule has 4 aromatic carbocycles. The van der Waals surface area contributed by atoms with Gasteiger partial charge >= 0.3 is 5.97 Å². The summed E-state index contributed by atoms with van der Waals surface area (Å²) in [6, 6.07) is 13.5. The number of carbonyl (C=O) groups is 1. The average molecular weight is 1040 g/mol. The molecule has 30 heteroatoms. The van der Waals surface area contributed by atoms with Gasteiger partial charge in [0.2, 0.25) is 5.88 Å². The van der Waals surface area contributed by atoms with Crippen LogP contribution >= 0.6 is 0 Å². The lowest BCUT2D eigenvalue weighted by Crippen LogP contribution is -2.08. The fraction of sp³-hybridized carbons (Fsp3) is 0.225. The van der Waals surface area contributed by atoms with E-state index in [0.29, 0.717) is 17.2 Å². The number of pyridine rings is 1. The second-order valence-electron chi connectivity index (χ2n) is 14.9. The van der Waals surface area contributed by atoms with Crippen LogP contribution in [0.15, 0.2) is 101 Å². The maximum absolute atomic E-state index is 11.9. The number of rotatable bonds is 19. The minimum Gasteiger partial charge on any atom is -0.493 e. The van der Waals surface area contributed by atoms with Crippen molar-refractivity contribution in [2.75, 3.05) is 24.7 Å². The molecule has 0 radical (unpaired) electrons. The summed E-state index contributed by atoms with van der Waals surface area (Å²) in [6.07, 6.45) is -0.376. The van der Waals surface area contributed by atoms with Crippen LogP contribution in [-0.2, 0) is 40.5 Å². The van der Waals surface area contributed by atoms with Crippen molar-refractivity contribution in [3.05, 3.63) is 88.5 Å². The fourth-order valence-corrected chi connectivity index (χ4v) is 8.42. The first kappa shape index (κ1) is 52.0. The number of benzene rings is 4. The van der Waals surface area contributed by atoms with E-state index in [4.69, 9.17) is 9.47 Å². The van der Waals surface area contributed by atoms with E-state index in [0.717, 1.165) is 28.7 Å². The Morgan fingerprint density at radius 2 is 1.13 bits per heavy atom. The maximum atomic E-state index is 11.9. The number of aromatic carboxylic acids is 1. The number of carboxylic acid groups (broad SMARTS) is 1. The Balaban J connectivity index is 1.41. The van der Waals surface area contributed by atoms with E-state index in [1.54, 1.807) is 13.8 Å². The molecule has 0 aliphatic carbocycles. The van der Waals surface area contributed by atoms with Crippen molar-refractivity contribution in [3.8, 4) is 23.4 Å². The van der Waals surface area contributed by atoms with Crippen molar-refractivity contribution in [3.63, 3.8) is 0 Å². The Bertz CT molecular complexity index is 3720. The number of fused-ring (bicyclic) bond motifs is 3. The lowest BCUT2D eigenvalue weighted by atomic mass is 10.1. The number of hydrogen-bond donors (Lipinski definition) is 6. The Labute approximate surface area is 397 Å². The molecule has 0 fully saturated rings. The number of ether oxygens (including phenoxy) is 2. The average Bonchev–Trinajstić information content (AvgIpc) is 3.64. The standard InChI is InChI=1S/C40H37N9O17S4/c1-21-14-32(35(65-10-4-12-67(53,54)55)18-29(21)44-43-28-8-6-24(69(59,60)61)16-26(28)40(51)52)46-45-30-19-36(66-11-5-13-68(56,57)58)33(15-22(30)2)47-48-37-23(3)27(20-41)38-42-31-17-25(70(62,63)64)7-9-34(31)49(38)39(37)50/h6-9,14-19,50H,4-5,10-13H2,1-3H3,(H,51,52)(H,53,54,55)(H,56,57,58)(H,59,60,61)(H,62,63,64). The number of carboxylic acids is 1. The molecule has 0 spiro atoms. The zero-order valence-electron chi connectivity index (χ0n) is 36.3. The number of aromatic nitrogens is 2. The van der Waals surface area contributed by atoms with Gasteiger partial charge in [-0.2, -0.15) is 49.2 Å². The van der Waals surface area contributed by atoms with Crippen molar-refractivity contribution in [2.24, 2.45) is 30.7 Å². The number of aryl methyl sites for hydroxylation is 2. The van der Waals surface area contributed by atoms with Gasteiger partial charge in [0.25, 0.3) is 40.5 Å². The number of aromatic hydroxyl groups is 1. The van der Waals surface area contributed by atoms with Crippen LogP contribution in [0.1, 0.15) is 45.5 Å². The predicted octanol–water partition coefficient (Wildman–Crippen LogP) is 7.74. The molecule has 0 saturated heterocycles. The van der Waals surface area contributed by atoms with E-state index in [1.165, 1.54) is 37.3 Å². The molecule has 0 bridgehead atoms. The molecule has 0 amide bonds. The molecule has 70 heavy (non-hydrogen) atoms. The van der Waals surface area contributed by atoms with Crippen molar-refractivity contribution in [1.82, 2.24) is 9.38 Å². The van der Waals surface area contributed by atoms with Crippen LogP contribution in [-0.4, -0.2) is 102 Å². The Morgan fingerprint density at radius 3 is 1.61 bits per heavy atom. The third-order valence-electron chi connectivity index (χ3n) is 9.86. The van der Waals surface area contributed by atoms with Crippen molar-refractivity contribution < 1.29 is 76.4 Å². The molecule has 0 aliphatic heterocycles. The normalized spacial score (nSPS) is 12.7. The quantitative estimate of drug-likeness (QED) is 0.0256. The minimum atomic E-state index is -4.76. The highest BCUT2D eigenvalue weighted by atomic mass is 32.2. The van der Waals surface area contributed by atoms with Gasteiger partial charge in [-0.05, 0) is 93.3 Å². The molecule has 26 nitrogen and oxygen atoms in total. The monoisotopic (exact) mass is 1040 g/mol. The molecule has 0 unspecified atom stereocenters. The lowest BCUT2D eigenvalue weighted by Gasteiger charge is -2.12. The Morgan fingerprint density at radius 1 is 0.657 bits per heavy atom. The topological polar surface area (TPSA) is 409 Å². The lowest BCUT2D eigenvalue weighted by molar-refractivity contribution is 0.0697. The van der Waals surface area contributed by atoms with Crippen LogP contribution in [0.4, 0.5) is 34.1 Å². The largest absolute Gasteiger partial charge is 0.493 e. The van der Waals surface area contributed by atoms with Gasteiger partial charge in [-0.1, -0.05) is 0 Å². The second-order valence-corrected chi connectivity index (χ2v) is 20.9. The molecule has 2 aromatic heterocycles. The van der Waals surface area contributed by atoms with Gasteiger partial charge < -0.3 is 19.7 Å². The Hall–Kier alpha value is -7.37. The minimum absolute atomic E-state index is 0.00382. The van der Waals surface area contributed by atoms with Crippen LogP contribution in [0.5, 0.6) is 17.4 Å². The highest BCUT2D eigenvalue weighted by Crippen LogP contribution is 2.43. The summed E-state index contributed by atoms with van der Waals surface area (Å²) in [4.78, 5) is 15.0. The third kappa shape index (κ3) is 12.4. The summed E-state index contributed by atoms with van der Waals surface area (Å²) in [5.41, 5.74) is -0.0643.